The molecule has 6 heteroatoms. The molecule has 0 spiro atoms. The van der Waals surface area contributed by atoms with E-state index in [1.54, 1.807) is 12.4 Å². The first-order valence-corrected chi connectivity index (χ1v) is 9.71. The van der Waals surface area contributed by atoms with Gasteiger partial charge in [0.05, 0.1) is 5.56 Å². The van der Waals surface area contributed by atoms with Crippen molar-refractivity contribution in [3.8, 4) is 0 Å². The number of hydrogen-bond donors (Lipinski definition) is 2. The molecule has 0 saturated carbocycles. The average molecular weight is 395 g/mol. The first kappa shape index (κ1) is 19.8. The van der Waals surface area contributed by atoms with Crippen LogP contribution < -0.4 is 10.6 Å². The Bertz CT molecular complexity index is 867. The molecule has 5 nitrogen and oxygen atoms in total. The lowest BCUT2D eigenvalue weighted by molar-refractivity contribution is 0.0953. The number of aryl methyl sites for hydroxylation is 1. The van der Waals surface area contributed by atoms with Gasteiger partial charge in [-0.25, -0.2) is 9.97 Å². The highest BCUT2D eigenvalue weighted by molar-refractivity contribution is 6.30. The van der Waals surface area contributed by atoms with Gasteiger partial charge in [0.1, 0.15) is 0 Å². The molecular formula is C22H23ClN4O. The summed E-state index contributed by atoms with van der Waals surface area (Å²) in [6.45, 7) is 1.32. The van der Waals surface area contributed by atoms with Crippen molar-refractivity contribution >= 4 is 23.5 Å². The SMILES string of the molecule is O=C(NCCc1ccc(Cl)cc1)c1cnc(NCCCc2ccccc2)nc1. The largest absolute Gasteiger partial charge is 0.354 e. The molecule has 1 aromatic heterocycles. The molecule has 0 radical (unpaired) electrons. The Kier molecular flexibility index (Phi) is 7.38. The van der Waals surface area contributed by atoms with Gasteiger partial charge in [-0.3, -0.25) is 4.79 Å². The van der Waals surface area contributed by atoms with Crippen molar-refractivity contribution in [2.75, 3.05) is 18.4 Å². The van der Waals surface area contributed by atoms with E-state index in [9.17, 15) is 4.79 Å². The molecule has 0 aliphatic carbocycles. The Hall–Kier alpha value is -2.92. The van der Waals surface area contributed by atoms with Gasteiger partial charge in [-0.15, -0.1) is 0 Å². The number of amides is 1. The Labute approximate surface area is 170 Å². The van der Waals surface area contributed by atoms with E-state index in [1.165, 1.54) is 5.56 Å². The third kappa shape index (κ3) is 6.35. The van der Waals surface area contributed by atoms with E-state index in [0.717, 1.165) is 31.4 Å². The number of nitrogens with zero attached hydrogens (tertiary/aromatic N) is 2. The smallest absolute Gasteiger partial charge is 0.254 e. The summed E-state index contributed by atoms with van der Waals surface area (Å²) in [6.07, 6.45) is 5.82. The van der Waals surface area contributed by atoms with E-state index in [0.29, 0.717) is 23.1 Å². The first-order chi connectivity index (χ1) is 13.7. The minimum Gasteiger partial charge on any atom is -0.354 e. The van der Waals surface area contributed by atoms with Crippen molar-refractivity contribution in [1.82, 2.24) is 15.3 Å². The Morgan fingerprint density at radius 2 is 1.54 bits per heavy atom. The molecule has 0 atom stereocenters. The van der Waals surface area contributed by atoms with Crippen LogP contribution >= 0.6 is 11.6 Å². The van der Waals surface area contributed by atoms with Gasteiger partial charge < -0.3 is 10.6 Å². The normalized spacial score (nSPS) is 10.5. The molecule has 0 aliphatic rings. The zero-order valence-electron chi connectivity index (χ0n) is 15.6. The molecular weight excluding hydrogens is 372 g/mol. The van der Waals surface area contributed by atoms with Gasteiger partial charge in [0.25, 0.3) is 5.91 Å². The zero-order chi connectivity index (χ0) is 19.6. The number of carbonyl (C=O) groups is 1. The van der Waals surface area contributed by atoms with Crippen molar-refractivity contribution in [3.05, 3.63) is 88.7 Å². The molecule has 2 N–H and O–H groups in total. The fourth-order valence-corrected chi connectivity index (χ4v) is 2.87. The molecule has 3 aromatic rings. The fraction of sp³-hybridized carbons (Fsp3) is 0.227. The number of anilines is 1. The lowest BCUT2D eigenvalue weighted by Gasteiger charge is -2.07. The minimum atomic E-state index is -0.176. The molecule has 28 heavy (non-hydrogen) atoms. The predicted molar refractivity (Wildman–Crippen MR) is 113 cm³/mol. The van der Waals surface area contributed by atoms with Crippen LogP contribution in [0.4, 0.5) is 5.95 Å². The highest BCUT2D eigenvalue weighted by Gasteiger charge is 2.06. The Balaban J connectivity index is 1.38. The van der Waals surface area contributed by atoms with Crippen molar-refractivity contribution in [2.45, 2.75) is 19.3 Å². The number of aromatic nitrogens is 2. The third-order valence-electron chi connectivity index (χ3n) is 4.29. The highest BCUT2D eigenvalue weighted by Crippen LogP contribution is 2.09. The van der Waals surface area contributed by atoms with Crippen LogP contribution in [0.5, 0.6) is 0 Å². The van der Waals surface area contributed by atoms with Crippen LogP contribution in [-0.4, -0.2) is 29.0 Å². The van der Waals surface area contributed by atoms with E-state index < -0.39 is 0 Å². The summed E-state index contributed by atoms with van der Waals surface area (Å²) >= 11 is 5.87. The highest BCUT2D eigenvalue weighted by atomic mass is 35.5. The maximum atomic E-state index is 12.2. The van der Waals surface area contributed by atoms with Gasteiger partial charge in [0.15, 0.2) is 0 Å². The van der Waals surface area contributed by atoms with E-state index >= 15 is 0 Å². The molecule has 0 fully saturated rings. The lowest BCUT2D eigenvalue weighted by Crippen LogP contribution is -2.26. The van der Waals surface area contributed by atoms with Crippen molar-refractivity contribution < 1.29 is 4.79 Å². The summed E-state index contributed by atoms with van der Waals surface area (Å²) in [5.74, 6) is 0.357. The molecule has 1 amide bonds. The molecule has 144 valence electrons. The van der Waals surface area contributed by atoms with Gasteiger partial charge in [0.2, 0.25) is 5.95 Å². The van der Waals surface area contributed by atoms with Gasteiger partial charge in [-0.05, 0) is 42.5 Å². The van der Waals surface area contributed by atoms with Crippen LogP contribution in [0.1, 0.15) is 27.9 Å². The van der Waals surface area contributed by atoms with Gasteiger partial charge in [0, 0.05) is 30.5 Å². The number of hydrogen-bond acceptors (Lipinski definition) is 4. The number of nitrogens with one attached hydrogen (secondary N) is 2. The number of carbonyl (C=O) groups excluding carboxylic acids is 1. The summed E-state index contributed by atoms with van der Waals surface area (Å²) in [6, 6.07) is 18.0. The van der Waals surface area contributed by atoms with Crippen molar-refractivity contribution in [2.24, 2.45) is 0 Å². The fourth-order valence-electron chi connectivity index (χ4n) is 2.75. The molecule has 0 unspecified atom stereocenters. The molecule has 1 heterocycles. The molecule has 0 bridgehead atoms. The van der Waals surface area contributed by atoms with E-state index in [2.05, 4.69) is 32.7 Å². The van der Waals surface area contributed by atoms with E-state index in [4.69, 9.17) is 11.6 Å². The zero-order valence-corrected chi connectivity index (χ0v) is 16.3. The lowest BCUT2D eigenvalue weighted by atomic mass is 10.1. The number of benzene rings is 2. The van der Waals surface area contributed by atoms with Crippen LogP contribution in [-0.2, 0) is 12.8 Å². The standard InChI is InChI=1S/C22H23ClN4O/c23-20-10-8-18(9-11-20)12-14-24-21(28)19-15-26-22(27-16-19)25-13-4-7-17-5-2-1-3-6-17/h1-3,5-6,8-11,15-16H,4,7,12-14H2,(H,24,28)(H,25,26,27). The second kappa shape index (κ2) is 10.4. The maximum Gasteiger partial charge on any atom is 0.254 e. The minimum absolute atomic E-state index is 0.176. The Morgan fingerprint density at radius 3 is 2.25 bits per heavy atom. The summed E-state index contributed by atoms with van der Waals surface area (Å²) in [5, 5.41) is 6.77. The molecule has 2 aromatic carbocycles. The van der Waals surface area contributed by atoms with Crippen LogP contribution in [0.15, 0.2) is 67.0 Å². The molecule has 3 rings (SSSR count). The maximum absolute atomic E-state index is 12.2. The topological polar surface area (TPSA) is 66.9 Å². The molecule has 0 aliphatic heterocycles. The monoisotopic (exact) mass is 394 g/mol. The van der Waals surface area contributed by atoms with Crippen LogP contribution in [0, 0.1) is 0 Å². The quantitative estimate of drug-likeness (QED) is 0.535. The van der Waals surface area contributed by atoms with Crippen LogP contribution in [0.2, 0.25) is 5.02 Å². The van der Waals surface area contributed by atoms with E-state index in [1.807, 2.05) is 42.5 Å². The summed E-state index contributed by atoms with van der Waals surface area (Å²) in [4.78, 5) is 20.6. The average Bonchev–Trinajstić information content (AvgIpc) is 2.74. The van der Waals surface area contributed by atoms with Crippen LogP contribution in [0.25, 0.3) is 0 Å². The van der Waals surface area contributed by atoms with Gasteiger partial charge in [-0.2, -0.15) is 0 Å². The summed E-state index contributed by atoms with van der Waals surface area (Å²) in [5.41, 5.74) is 2.89. The van der Waals surface area contributed by atoms with Gasteiger partial charge >= 0.3 is 0 Å². The van der Waals surface area contributed by atoms with Gasteiger partial charge in [-0.1, -0.05) is 54.1 Å². The first-order valence-electron chi connectivity index (χ1n) is 9.33. The second-order valence-electron chi connectivity index (χ2n) is 6.44. The summed E-state index contributed by atoms with van der Waals surface area (Å²) < 4.78 is 0. The van der Waals surface area contributed by atoms with Crippen LogP contribution in [0.3, 0.4) is 0 Å². The third-order valence-corrected chi connectivity index (χ3v) is 4.55. The van der Waals surface area contributed by atoms with E-state index in [-0.39, 0.29) is 5.91 Å². The molecule has 0 saturated heterocycles. The number of rotatable bonds is 9. The Morgan fingerprint density at radius 1 is 0.857 bits per heavy atom. The van der Waals surface area contributed by atoms with Crippen molar-refractivity contribution in [1.29, 1.82) is 0 Å². The predicted octanol–water partition coefficient (Wildman–Crippen LogP) is 4.15. The van der Waals surface area contributed by atoms with Crippen molar-refractivity contribution in [3.63, 3.8) is 0 Å². The summed E-state index contributed by atoms with van der Waals surface area (Å²) in [7, 11) is 0. The number of halogens is 1. The second-order valence-corrected chi connectivity index (χ2v) is 6.88.